The minimum atomic E-state index is -0.0497. The smallest absolute Gasteiger partial charge is 0.258 e. The van der Waals surface area contributed by atoms with Gasteiger partial charge in [0.05, 0.1) is 0 Å². The summed E-state index contributed by atoms with van der Waals surface area (Å²) in [5, 5.41) is 0. The number of carbonyl (C=O) groups is 2. The Morgan fingerprint density at radius 3 is 2.43 bits per heavy atom. The van der Waals surface area contributed by atoms with Crippen LogP contribution in [-0.2, 0) is 12.8 Å². The number of anilines is 1. The number of para-hydroxylation sites is 1. The van der Waals surface area contributed by atoms with E-state index in [1.165, 1.54) is 5.56 Å². The predicted octanol–water partition coefficient (Wildman–Crippen LogP) is 3.99. The molecule has 0 spiro atoms. The average Bonchev–Trinajstić information content (AvgIpc) is 2.82. The first-order valence-corrected chi connectivity index (χ1v) is 10.3. The van der Waals surface area contributed by atoms with Gasteiger partial charge >= 0.3 is 0 Å². The molecular weight excluding hydrogens is 374 g/mol. The third kappa shape index (κ3) is 4.25. The molecule has 2 heterocycles. The molecule has 0 N–H and O–H groups in total. The summed E-state index contributed by atoms with van der Waals surface area (Å²) >= 11 is 0. The second kappa shape index (κ2) is 8.91. The summed E-state index contributed by atoms with van der Waals surface area (Å²) in [7, 11) is 1.80. The predicted molar refractivity (Wildman–Crippen MR) is 118 cm³/mol. The monoisotopic (exact) mass is 399 g/mol. The van der Waals surface area contributed by atoms with Crippen LogP contribution in [0.25, 0.3) is 0 Å². The molecular formula is C25H25N3O2. The van der Waals surface area contributed by atoms with E-state index in [1.807, 2.05) is 35.2 Å². The third-order valence-corrected chi connectivity index (χ3v) is 5.57. The lowest BCUT2D eigenvalue weighted by Crippen LogP contribution is -2.35. The van der Waals surface area contributed by atoms with Crippen LogP contribution in [0.15, 0.2) is 73.1 Å². The Bertz CT molecular complexity index is 1030. The first-order valence-electron chi connectivity index (χ1n) is 10.3. The van der Waals surface area contributed by atoms with Gasteiger partial charge < -0.3 is 9.80 Å². The molecule has 5 nitrogen and oxygen atoms in total. The fourth-order valence-corrected chi connectivity index (χ4v) is 3.82. The Morgan fingerprint density at radius 1 is 0.967 bits per heavy atom. The summed E-state index contributed by atoms with van der Waals surface area (Å²) in [5.74, 6) is -0.0708. The van der Waals surface area contributed by atoms with Crippen molar-refractivity contribution in [1.29, 1.82) is 0 Å². The molecule has 152 valence electrons. The van der Waals surface area contributed by atoms with E-state index in [4.69, 9.17) is 0 Å². The second-order valence-electron chi connectivity index (χ2n) is 7.60. The molecule has 4 rings (SSSR count). The van der Waals surface area contributed by atoms with Gasteiger partial charge in [0.1, 0.15) is 0 Å². The fraction of sp³-hybridized carbons (Fsp3) is 0.240. The van der Waals surface area contributed by atoms with E-state index in [1.54, 1.807) is 48.6 Å². The highest BCUT2D eigenvalue weighted by Gasteiger charge is 2.23. The number of pyridine rings is 1. The molecule has 1 aromatic heterocycles. The molecule has 2 amide bonds. The van der Waals surface area contributed by atoms with E-state index in [2.05, 4.69) is 11.1 Å². The highest BCUT2D eigenvalue weighted by molar-refractivity contribution is 6.07. The molecule has 0 saturated carbocycles. The number of amides is 2. The molecule has 2 aromatic carbocycles. The van der Waals surface area contributed by atoms with E-state index >= 15 is 0 Å². The number of fused-ring (bicyclic) bond motifs is 1. The van der Waals surface area contributed by atoms with E-state index in [9.17, 15) is 9.59 Å². The quantitative estimate of drug-likeness (QED) is 0.652. The van der Waals surface area contributed by atoms with Crippen molar-refractivity contribution < 1.29 is 9.59 Å². The molecule has 0 fully saturated rings. The molecule has 1 aliphatic heterocycles. The maximum atomic E-state index is 13.1. The van der Waals surface area contributed by atoms with Gasteiger partial charge in [0.2, 0.25) is 0 Å². The highest BCUT2D eigenvalue weighted by Crippen LogP contribution is 2.28. The standard InChI is InChI=1S/C25H25N3O2/c1-27(18-14-19-12-15-26-16-13-19)24(29)21-8-10-22(11-9-21)25(30)28-17-4-6-20-5-2-3-7-23(20)28/h2-3,5,7-13,15-16H,4,6,14,17-18H2,1H3. The number of benzene rings is 2. The van der Waals surface area contributed by atoms with Gasteiger partial charge in [-0.25, -0.2) is 0 Å². The zero-order valence-electron chi connectivity index (χ0n) is 17.1. The molecule has 0 unspecified atom stereocenters. The van der Waals surface area contributed by atoms with E-state index in [0.29, 0.717) is 24.2 Å². The Balaban J connectivity index is 1.42. The van der Waals surface area contributed by atoms with Crippen molar-refractivity contribution in [2.75, 3.05) is 25.0 Å². The van der Waals surface area contributed by atoms with Gasteiger partial charge in [-0.15, -0.1) is 0 Å². The number of nitrogens with zero attached hydrogens (tertiary/aromatic N) is 3. The average molecular weight is 399 g/mol. The van der Waals surface area contributed by atoms with Crippen LogP contribution in [0, 0.1) is 0 Å². The van der Waals surface area contributed by atoms with E-state index in [-0.39, 0.29) is 11.8 Å². The van der Waals surface area contributed by atoms with Crippen LogP contribution in [0.2, 0.25) is 0 Å². The topological polar surface area (TPSA) is 53.5 Å². The van der Waals surface area contributed by atoms with Gasteiger partial charge in [-0.1, -0.05) is 18.2 Å². The van der Waals surface area contributed by atoms with Gasteiger partial charge in [0.25, 0.3) is 11.8 Å². The lowest BCUT2D eigenvalue weighted by atomic mass is 10.0. The number of hydrogen-bond donors (Lipinski definition) is 0. The third-order valence-electron chi connectivity index (χ3n) is 5.57. The molecule has 0 bridgehead atoms. The van der Waals surface area contributed by atoms with Crippen molar-refractivity contribution >= 4 is 17.5 Å². The van der Waals surface area contributed by atoms with Crippen LogP contribution in [0.3, 0.4) is 0 Å². The fourth-order valence-electron chi connectivity index (χ4n) is 3.82. The molecule has 30 heavy (non-hydrogen) atoms. The van der Waals surface area contributed by atoms with Crippen molar-refractivity contribution in [3.8, 4) is 0 Å². The summed E-state index contributed by atoms with van der Waals surface area (Å²) in [6.07, 6.45) is 6.25. The Labute approximate surface area is 177 Å². The largest absolute Gasteiger partial charge is 0.341 e. The Morgan fingerprint density at radius 2 is 1.67 bits per heavy atom. The summed E-state index contributed by atoms with van der Waals surface area (Å²) in [6.45, 7) is 1.34. The van der Waals surface area contributed by atoms with Crippen LogP contribution in [0.4, 0.5) is 5.69 Å². The van der Waals surface area contributed by atoms with Gasteiger partial charge in [-0.05, 0) is 72.9 Å². The zero-order chi connectivity index (χ0) is 20.9. The number of hydrogen-bond acceptors (Lipinski definition) is 3. The zero-order valence-corrected chi connectivity index (χ0v) is 17.1. The minimum absolute atomic E-state index is 0.0211. The van der Waals surface area contributed by atoms with Crippen molar-refractivity contribution in [3.05, 3.63) is 95.3 Å². The highest BCUT2D eigenvalue weighted by atomic mass is 16.2. The maximum Gasteiger partial charge on any atom is 0.258 e. The molecule has 0 atom stereocenters. The van der Waals surface area contributed by atoms with E-state index < -0.39 is 0 Å². The van der Waals surface area contributed by atoms with Gasteiger partial charge in [-0.2, -0.15) is 0 Å². The lowest BCUT2D eigenvalue weighted by Gasteiger charge is -2.29. The van der Waals surface area contributed by atoms with Gasteiger partial charge in [-0.3, -0.25) is 14.6 Å². The molecule has 1 aliphatic rings. The molecule has 0 aliphatic carbocycles. The van der Waals surface area contributed by atoms with Crippen molar-refractivity contribution in [3.63, 3.8) is 0 Å². The second-order valence-corrected chi connectivity index (χ2v) is 7.60. The summed E-state index contributed by atoms with van der Waals surface area (Å²) in [5.41, 5.74) is 4.53. The molecule has 5 heteroatoms. The number of carbonyl (C=O) groups excluding carboxylic acids is 2. The summed E-state index contributed by atoms with van der Waals surface area (Å²) in [4.78, 5) is 33.4. The number of aromatic nitrogens is 1. The first kappa shape index (κ1) is 19.8. The number of rotatable bonds is 5. The van der Waals surface area contributed by atoms with E-state index in [0.717, 1.165) is 30.5 Å². The Hall–Kier alpha value is -3.47. The number of aryl methyl sites for hydroxylation is 1. The van der Waals surface area contributed by atoms with Crippen LogP contribution in [0.5, 0.6) is 0 Å². The van der Waals surface area contributed by atoms with Gasteiger partial charge in [0.15, 0.2) is 0 Å². The van der Waals surface area contributed by atoms with Crippen LogP contribution in [0.1, 0.15) is 38.3 Å². The van der Waals surface area contributed by atoms with Gasteiger partial charge in [0, 0.05) is 49.3 Å². The van der Waals surface area contributed by atoms with Crippen molar-refractivity contribution in [1.82, 2.24) is 9.88 Å². The minimum Gasteiger partial charge on any atom is -0.341 e. The normalized spacial score (nSPS) is 12.9. The van der Waals surface area contributed by atoms with Crippen LogP contribution < -0.4 is 4.90 Å². The number of likely N-dealkylation sites (N-methyl/N-ethyl adjacent to an activating group) is 1. The summed E-state index contributed by atoms with van der Waals surface area (Å²) in [6, 6.07) is 19.0. The van der Waals surface area contributed by atoms with Crippen LogP contribution in [-0.4, -0.2) is 41.8 Å². The summed E-state index contributed by atoms with van der Waals surface area (Å²) < 4.78 is 0. The SMILES string of the molecule is CN(CCc1ccncc1)C(=O)c1ccc(C(=O)N2CCCc3ccccc32)cc1. The van der Waals surface area contributed by atoms with Crippen molar-refractivity contribution in [2.45, 2.75) is 19.3 Å². The van der Waals surface area contributed by atoms with Crippen molar-refractivity contribution in [2.24, 2.45) is 0 Å². The maximum absolute atomic E-state index is 13.1. The molecule has 3 aromatic rings. The lowest BCUT2D eigenvalue weighted by molar-refractivity contribution is 0.0796. The van der Waals surface area contributed by atoms with Crippen LogP contribution >= 0.6 is 0 Å². The molecule has 0 saturated heterocycles. The Kier molecular flexibility index (Phi) is 5.89. The molecule has 0 radical (unpaired) electrons. The first-order chi connectivity index (χ1) is 14.6.